The van der Waals surface area contributed by atoms with Crippen LogP contribution in [0.5, 0.6) is 0 Å². The van der Waals surface area contributed by atoms with E-state index >= 15 is 0 Å². The molecule has 1 aliphatic rings. The number of phosphoric ester groups is 1. The summed E-state index contributed by atoms with van der Waals surface area (Å²) in [5.41, 5.74) is 0. The number of hydrogen-bond acceptors (Lipinski definition) is 9. The maximum Gasteiger partial charge on any atom is 0.306 e. The van der Waals surface area contributed by atoms with Gasteiger partial charge < -0.3 is 32.6 Å². The molecule has 1 heterocycles. The fourth-order valence-electron chi connectivity index (χ4n) is 5.81. The lowest BCUT2D eigenvalue weighted by Crippen LogP contribution is -2.37. The number of phosphoric acid groups is 1. The van der Waals surface area contributed by atoms with Crippen LogP contribution in [-0.2, 0) is 37.4 Å². The Morgan fingerprint density at radius 2 is 1.19 bits per heavy atom. The standard InChI is InChI=1S/C43H78NO9P/c1-6-8-10-12-14-16-17-18-20-22-24-30-34-43(46)52-39(38-51-54(47,48)50-36-35-44(3,4)5)37-49-42(45)33-29-26-25-28-32-41-40(53-41)31-27-23-21-19-15-13-11-9-7-2/h15,19,23,25,27-28,39-41H,6-14,16-18,20-22,24,26,29-38H2,1-5H3/b19-15-,27-23-,28-25-/t39-,40?,41?/m1/s1. The lowest BCUT2D eigenvalue weighted by molar-refractivity contribution is -0.870. The van der Waals surface area contributed by atoms with Crippen LogP contribution in [0.1, 0.15) is 162 Å². The summed E-state index contributed by atoms with van der Waals surface area (Å²) in [6.45, 7) is 4.11. The van der Waals surface area contributed by atoms with Gasteiger partial charge in [-0.2, -0.15) is 0 Å². The van der Waals surface area contributed by atoms with E-state index in [0.717, 1.165) is 51.4 Å². The van der Waals surface area contributed by atoms with Crippen LogP contribution in [0.3, 0.4) is 0 Å². The molecule has 0 bridgehead atoms. The highest BCUT2D eigenvalue weighted by atomic mass is 31.2. The zero-order valence-corrected chi connectivity index (χ0v) is 35.8. The van der Waals surface area contributed by atoms with Crippen molar-refractivity contribution in [2.75, 3.05) is 47.5 Å². The van der Waals surface area contributed by atoms with Crippen molar-refractivity contribution in [3.8, 4) is 0 Å². The molecule has 11 heteroatoms. The van der Waals surface area contributed by atoms with Crippen molar-refractivity contribution < 1.29 is 46.8 Å². The summed E-state index contributed by atoms with van der Waals surface area (Å²) in [6, 6.07) is 0. The van der Waals surface area contributed by atoms with Gasteiger partial charge in [0.1, 0.15) is 19.8 Å². The Kier molecular flexibility index (Phi) is 30.0. The van der Waals surface area contributed by atoms with Gasteiger partial charge in [0.05, 0.1) is 40.0 Å². The van der Waals surface area contributed by atoms with Crippen LogP contribution in [-0.4, -0.2) is 82.2 Å². The largest absolute Gasteiger partial charge is 0.756 e. The summed E-state index contributed by atoms with van der Waals surface area (Å²) in [5, 5.41) is 0. The van der Waals surface area contributed by atoms with Gasteiger partial charge in [-0.25, -0.2) is 0 Å². The van der Waals surface area contributed by atoms with Gasteiger partial charge in [0.25, 0.3) is 7.82 Å². The molecule has 0 aromatic heterocycles. The Morgan fingerprint density at radius 1 is 0.667 bits per heavy atom. The van der Waals surface area contributed by atoms with Crippen molar-refractivity contribution >= 4 is 19.8 Å². The molecule has 1 aliphatic heterocycles. The van der Waals surface area contributed by atoms with Gasteiger partial charge in [0.15, 0.2) is 6.10 Å². The second kappa shape index (κ2) is 32.3. The molecule has 0 N–H and O–H groups in total. The third kappa shape index (κ3) is 32.4. The third-order valence-corrected chi connectivity index (χ3v) is 10.3. The van der Waals surface area contributed by atoms with Crippen LogP contribution in [0.25, 0.3) is 0 Å². The van der Waals surface area contributed by atoms with Crippen molar-refractivity contribution in [2.45, 2.75) is 180 Å². The van der Waals surface area contributed by atoms with E-state index in [1.807, 2.05) is 21.1 Å². The number of quaternary nitrogens is 1. The molecule has 0 saturated carbocycles. The van der Waals surface area contributed by atoms with Gasteiger partial charge >= 0.3 is 11.9 Å². The van der Waals surface area contributed by atoms with Crippen LogP contribution in [0.2, 0.25) is 0 Å². The quantitative estimate of drug-likeness (QED) is 0.0151. The predicted octanol–water partition coefficient (Wildman–Crippen LogP) is 10.1. The number of likely N-dealkylation sites (N-methyl/N-ethyl adjacent to an activating group) is 1. The van der Waals surface area contributed by atoms with Crippen molar-refractivity contribution in [1.29, 1.82) is 0 Å². The van der Waals surface area contributed by atoms with Gasteiger partial charge in [-0.3, -0.25) is 14.2 Å². The predicted molar refractivity (Wildman–Crippen MR) is 217 cm³/mol. The van der Waals surface area contributed by atoms with Crippen molar-refractivity contribution in [3.63, 3.8) is 0 Å². The maximum absolute atomic E-state index is 12.6. The number of carbonyl (C=O) groups excluding carboxylic acids is 2. The molecule has 1 fully saturated rings. The number of epoxide rings is 1. The van der Waals surface area contributed by atoms with Crippen LogP contribution in [0.15, 0.2) is 36.5 Å². The molecule has 3 unspecified atom stereocenters. The highest BCUT2D eigenvalue weighted by molar-refractivity contribution is 7.45. The molecule has 1 saturated heterocycles. The molecule has 0 aromatic rings. The SMILES string of the molecule is CCCCC/C=C\C/C=C\CC1OC1C/C=C\CCCC(=O)OC[C@H](COP(=O)([O-])OCC[N+](C)(C)C)OC(=O)CCCCCCCCCCCCCC. The summed E-state index contributed by atoms with van der Waals surface area (Å²) in [5.74, 6) is -0.908. The monoisotopic (exact) mass is 784 g/mol. The molecule has 4 atom stereocenters. The second-order valence-electron chi connectivity index (χ2n) is 15.7. The Balaban J connectivity index is 2.34. The van der Waals surface area contributed by atoms with Crippen molar-refractivity contribution in [1.82, 2.24) is 0 Å². The fourth-order valence-corrected chi connectivity index (χ4v) is 6.53. The highest BCUT2D eigenvalue weighted by Gasteiger charge is 2.36. The summed E-state index contributed by atoms with van der Waals surface area (Å²) in [6.07, 6.45) is 36.3. The molecule has 0 amide bonds. The number of nitrogens with zero attached hydrogens (tertiary/aromatic N) is 1. The minimum atomic E-state index is -4.64. The Bertz CT molecular complexity index is 1090. The second-order valence-corrected chi connectivity index (χ2v) is 17.2. The first-order chi connectivity index (χ1) is 26.0. The van der Waals surface area contributed by atoms with Gasteiger partial charge in [-0.1, -0.05) is 134 Å². The number of rotatable bonds is 37. The number of hydrogen-bond donors (Lipinski definition) is 0. The first-order valence-electron chi connectivity index (χ1n) is 21.3. The lowest BCUT2D eigenvalue weighted by Gasteiger charge is -2.28. The topological polar surface area (TPSA) is 124 Å². The first-order valence-corrected chi connectivity index (χ1v) is 22.8. The third-order valence-electron chi connectivity index (χ3n) is 9.32. The Hall–Kier alpha value is -1.81. The van der Waals surface area contributed by atoms with E-state index in [2.05, 4.69) is 50.3 Å². The summed E-state index contributed by atoms with van der Waals surface area (Å²) in [7, 11) is 1.13. The molecular formula is C43H78NO9P. The van der Waals surface area contributed by atoms with Gasteiger partial charge in [-0.15, -0.1) is 0 Å². The summed E-state index contributed by atoms with van der Waals surface area (Å²) < 4.78 is 39.6. The van der Waals surface area contributed by atoms with Gasteiger partial charge in [0, 0.05) is 12.8 Å². The lowest BCUT2D eigenvalue weighted by atomic mass is 10.0. The average Bonchev–Trinajstić information content (AvgIpc) is 3.87. The number of carbonyl (C=O) groups is 2. The van der Waals surface area contributed by atoms with Crippen molar-refractivity contribution in [3.05, 3.63) is 36.5 Å². The first kappa shape index (κ1) is 50.2. The van der Waals surface area contributed by atoms with E-state index in [4.69, 9.17) is 23.3 Å². The number of unbranched alkanes of at least 4 members (excludes halogenated alkanes) is 15. The molecule has 1 rings (SSSR count). The maximum atomic E-state index is 12.6. The van der Waals surface area contributed by atoms with E-state index in [9.17, 15) is 19.0 Å². The molecular weight excluding hydrogens is 705 g/mol. The van der Waals surface area contributed by atoms with Gasteiger partial charge in [-0.05, 0) is 51.4 Å². The van der Waals surface area contributed by atoms with Crippen LogP contribution >= 0.6 is 7.82 Å². The smallest absolute Gasteiger partial charge is 0.306 e. The van der Waals surface area contributed by atoms with Crippen LogP contribution in [0, 0.1) is 0 Å². The Morgan fingerprint density at radius 3 is 1.81 bits per heavy atom. The number of ether oxygens (including phenoxy) is 3. The normalized spacial score (nSPS) is 17.7. The zero-order chi connectivity index (χ0) is 39.8. The van der Waals surface area contributed by atoms with Crippen LogP contribution < -0.4 is 4.89 Å². The zero-order valence-electron chi connectivity index (χ0n) is 34.9. The number of esters is 2. The molecule has 0 aromatic carbocycles. The minimum Gasteiger partial charge on any atom is -0.756 e. The molecule has 54 heavy (non-hydrogen) atoms. The molecule has 0 radical (unpaired) electrons. The highest BCUT2D eigenvalue weighted by Crippen LogP contribution is 2.38. The van der Waals surface area contributed by atoms with E-state index < -0.39 is 32.5 Å². The van der Waals surface area contributed by atoms with E-state index in [-0.39, 0.29) is 38.3 Å². The summed E-state index contributed by atoms with van der Waals surface area (Å²) in [4.78, 5) is 37.5. The summed E-state index contributed by atoms with van der Waals surface area (Å²) >= 11 is 0. The van der Waals surface area contributed by atoms with E-state index in [1.54, 1.807) is 0 Å². The van der Waals surface area contributed by atoms with E-state index in [1.165, 1.54) is 70.6 Å². The fraction of sp³-hybridized carbons (Fsp3) is 0.814. The molecule has 0 spiro atoms. The van der Waals surface area contributed by atoms with Crippen LogP contribution in [0.4, 0.5) is 0 Å². The average molecular weight is 784 g/mol. The molecule has 10 nitrogen and oxygen atoms in total. The Labute approximate surface area is 329 Å². The minimum absolute atomic E-state index is 0.0416. The molecule has 314 valence electrons. The molecule has 0 aliphatic carbocycles. The number of allylic oxidation sites excluding steroid dienone is 4. The van der Waals surface area contributed by atoms with E-state index in [0.29, 0.717) is 23.9 Å². The van der Waals surface area contributed by atoms with Crippen molar-refractivity contribution in [2.24, 2.45) is 0 Å². The van der Waals surface area contributed by atoms with Gasteiger partial charge in [0.2, 0.25) is 0 Å².